The second kappa shape index (κ2) is 7.05. The van der Waals surface area contributed by atoms with Gasteiger partial charge in [-0.2, -0.15) is 0 Å². The summed E-state index contributed by atoms with van der Waals surface area (Å²) in [6.45, 7) is 7.73. The Morgan fingerprint density at radius 1 is 1.38 bits per heavy atom. The van der Waals surface area contributed by atoms with E-state index < -0.39 is 6.10 Å². The van der Waals surface area contributed by atoms with Crippen LogP contribution in [0, 0.1) is 5.92 Å². The van der Waals surface area contributed by atoms with E-state index in [2.05, 4.69) is 0 Å². The first-order valence-corrected chi connectivity index (χ1v) is 7.65. The molecule has 0 saturated carbocycles. The zero-order valence-electron chi connectivity index (χ0n) is 13.1. The average Bonchev–Trinajstić information content (AvgIpc) is 2.48. The number of benzene rings is 1. The van der Waals surface area contributed by atoms with Crippen LogP contribution in [0.2, 0.25) is 0 Å². The number of likely N-dealkylation sites (tertiary alicyclic amines) is 1. The highest BCUT2D eigenvalue weighted by Gasteiger charge is 2.27. The van der Waals surface area contributed by atoms with E-state index in [0.717, 1.165) is 18.5 Å². The van der Waals surface area contributed by atoms with Gasteiger partial charge < -0.3 is 14.7 Å². The fraction of sp³-hybridized carbons (Fsp3) is 0.588. The summed E-state index contributed by atoms with van der Waals surface area (Å²) in [4.78, 5) is 14.2. The minimum absolute atomic E-state index is 0.00252. The maximum absolute atomic E-state index is 12.4. The molecule has 0 aromatic heterocycles. The number of hydrogen-bond acceptors (Lipinski definition) is 3. The molecule has 21 heavy (non-hydrogen) atoms. The minimum Gasteiger partial charge on any atom is -0.391 e. The summed E-state index contributed by atoms with van der Waals surface area (Å²) < 4.78 is 5.54. The van der Waals surface area contributed by atoms with Gasteiger partial charge >= 0.3 is 0 Å². The highest BCUT2D eigenvalue weighted by molar-refractivity contribution is 5.94. The molecule has 0 radical (unpaired) electrons. The van der Waals surface area contributed by atoms with Crippen molar-refractivity contribution < 1.29 is 14.6 Å². The molecule has 1 aromatic rings. The van der Waals surface area contributed by atoms with Gasteiger partial charge in [-0.25, -0.2) is 0 Å². The fourth-order valence-electron chi connectivity index (χ4n) is 2.42. The zero-order chi connectivity index (χ0) is 15.4. The first-order valence-electron chi connectivity index (χ1n) is 7.65. The number of ether oxygens (including phenoxy) is 1. The van der Waals surface area contributed by atoms with Crippen LogP contribution in [-0.2, 0) is 11.3 Å². The highest BCUT2D eigenvalue weighted by atomic mass is 16.5. The summed E-state index contributed by atoms with van der Waals surface area (Å²) >= 11 is 0. The molecule has 1 heterocycles. The lowest BCUT2D eigenvalue weighted by atomic mass is 9.95. The quantitative estimate of drug-likeness (QED) is 0.927. The molecule has 116 valence electrons. The fourth-order valence-corrected chi connectivity index (χ4v) is 2.42. The van der Waals surface area contributed by atoms with Crippen LogP contribution in [0.25, 0.3) is 0 Å². The van der Waals surface area contributed by atoms with Crippen molar-refractivity contribution in [1.29, 1.82) is 0 Å². The summed E-state index contributed by atoms with van der Waals surface area (Å²) in [5.74, 6) is 0.266. The van der Waals surface area contributed by atoms with Crippen molar-refractivity contribution in [3.63, 3.8) is 0 Å². The summed E-state index contributed by atoms with van der Waals surface area (Å²) in [6.07, 6.45) is 0.636. The van der Waals surface area contributed by atoms with E-state index in [-0.39, 0.29) is 17.9 Å². The van der Waals surface area contributed by atoms with Crippen molar-refractivity contribution in [1.82, 2.24) is 4.90 Å². The number of carbonyl (C=O) groups is 1. The van der Waals surface area contributed by atoms with Gasteiger partial charge in [-0.3, -0.25) is 4.79 Å². The molecule has 1 amide bonds. The normalized spacial score (nSPS) is 22.6. The molecule has 2 rings (SSSR count). The molecule has 4 heteroatoms. The molecule has 2 atom stereocenters. The third kappa shape index (κ3) is 4.29. The molecule has 0 aliphatic carbocycles. The molecule has 0 bridgehead atoms. The van der Waals surface area contributed by atoms with Crippen LogP contribution in [0.1, 0.15) is 43.1 Å². The van der Waals surface area contributed by atoms with E-state index in [1.807, 2.05) is 45.0 Å². The lowest BCUT2D eigenvalue weighted by Gasteiger charge is -2.34. The molecule has 4 nitrogen and oxygen atoms in total. The maximum Gasteiger partial charge on any atom is 0.253 e. The lowest BCUT2D eigenvalue weighted by Crippen LogP contribution is -2.45. The van der Waals surface area contributed by atoms with Crippen LogP contribution >= 0.6 is 0 Å². The van der Waals surface area contributed by atoms with Crippen molar-refractivity contribution in [3.05, 3.63) is 35.4 Å². The molecular weight excluding hydrogens is 266 g/mol. The van der Waals surface area contributed by atoms with E-state index >= 15 is 0 Å². The van der Waals surface area contributed by atoms with Gasteiger partial charge in [-0.15, -0.1) is 0 Å². The Kier molecular flexibility index (Phi) is 5.37. The summed E-state index contributed by atoms with van der Waals surface area (Å²) in [7, 11) is 0. The van der Waals surface area contributed by atoms with Gasteiger partial charge in [-0.05, 0) is 43.9 Å². The van der Waals surface area contributed by atoms with Crippen molar-refractivity contribution in [2.75, 3.05) is 13.1 Å². The summed E-state index contributed by atoms with van der Waals surface area (Å²) in [6, 6.07) is 7.54. The highest BCUT2D eigenvalue weighted by Crippen LogP contribution is 2.19. The number of β-amino-alcohol motifs (C(OH)–C–C–N with tert-alkyl or cyclic N) is 1. The van der Waals surface area contributed by atoms with E-state index in [1.165, 1.54) is 0 Å². The molecule has 1 fully saturated rings. The first kappa shape index (κ1) is 16.0. The Bertz CT molecular complexity index is 469. The van der Waals surface area contributed by atoms with Crippen LogP contribution in [0.3, 0.4) is 0 Å². The van der Waals surface area contributed by atoms with Gasteiger partial charge in [-0.1, -0.05) is 19.1 Å². The van der Waals surface area contributed by atoms with Crippen LogP contribution in [0.15, 0.2) is 24.3 Å². The van der Waals surface area contributed by atoms with Crippen LogP contribution in [0.4, 0.5) is 0 Å². The monoisotopic (exact) mass is 291 g/mol. The molecule has 1 aromatic carbocycles. The van der Waals surface area contributed by atoms with Crippen molar-refractivity contribution in [2.45, 2.75) is 46.0 Å². The molecule has 1 aliphatic rings. The molecule has 2 unspecified atom stereocenters. The second-order valence-electron chi connectivity index (χ2n) is 6.14. The van der Waals surface area contributed by atoms with Crippen molar-refractivity contribution >= 4 is 5.91 Å². The van der Waals surface area contributed by atoms with Crippen LogP contribution in [0.5, 0.6) is 0 Å². The van der Waals surface area contributed by atoms with Crippen LogP contribution < -0.4 is 0 Å². The number of nitrogens with zero attached hydrogens (tertiary/aromatic N) is 1. The minimum atomic E-state index is -0.415. The Balaban J connectivity index is 1.96. The van der Waals surface area contributed by atoms with E-state index in [9.17, 15) is 9.90 Å². The van der Waals surface area contributed by atoms with Crippen LogP contribution in [-0.4, -0.2) is 41.2 Å². The summed E-state index contributed by atoms with van der Waals surface area (Å²) in [5.41, 5.74) is 1.73. The van der Waals surface area contributed by atoms with Gasteiger partial charge in [0.25, 0.3) is 5.91 Å². The van der Waals surface area contributed by atoms with Gasteiger partial charge in [0.1, 0.15) is 0 Å². The maximum atomic E-state index is 12.4. The number of hydrogen-bond donors (Lipinski definition) is 1. The number of aliphatic hydroxyl groups excluding tert-OH is 1. The SMILES string of the molecule is CC(C)OCc1ccc(C(=O)N2CCC(C)C(O)C2)cc1. The third-order valence-electron chi connectivity index (χ3n) is 3.99. The van der Waals surface area contributed by atoms with Gasteiger partial charge in [0.05, 0.1) is 18.8 Å². The molecule has 1 aliphatic heterocycles. The molecular formula is C17H25NO3. The third-order valence-corrected chi connectivity index (χ3v) is 3.99. The average molecular weight is 291 g/mol. The first-order chi connectivity index (χ1) is 9.97. The summed E-state index contributed by atoms with van der Waals surface area (Å²) in [5, 5.41) is 9.90. The van der Waals surface area contributed by atoms with E-state index in [1.54, 1.807) is 4.90 Å². The van der Waals surface area contributed by atoms with Crippen molar-refractivity contribution in [3.8, 4) is 0 Å². The Hall–Kier alpha value is -1.39. The second-order valence-corrected chi connectivity index (χ2v) is 6.14. The standard InChI is InChI=1S/C17H25NO3/c1-12(2)21-11-14-4-6-15(7-5-14)17(20)18-9-8-13(3)16(19)10-18/h4-7,12-13,16,19H,8-11H2,1-3H3. The van der Waals surface area contributed by atoms with E-state index in [0.29, 0.717) is 18.7 Å². The van der Waals surface area contributed by atoms with Gasteiger partial charge in [0.2, 0.25) is 0 Å². The van der Waals surface area contributed by atoms with Crippen molar-refractivity contribution in [2.24, 2.45) is 5.92 Å². The molecule has 1 saturated heterocycles. The topological polar surface area (TPSA) is 49.8 Å². The number of carbonyl (C=O) groups excluding carboxylic acids is 1. The lowest BCUT2D eigenvalue weighted by molar-refractivity contribution is 0.0248. The predicted octanol–water partition coefficient (Wildman–Crippen LogP) is 2.45. The number of rotatable bonds is 4. The number of amides is 1. The predicted molar refractivity (Wildman–Crippen MR) is 82.1 cm³/mol. The van der Waals surface area contributed by atoms with E-state index in [4.69, 9.17) is 4.74 Å². The zero-order valence-corrected chi connectivity index (χ0v) is 13.1. The molecule has 1 N–H and O–H groups in total. The Labute approximate surface area is 126 Å². The Morgan fingerprint density at radius 2 is 2.05 bits per heavy atom. The largest absolute Gasteiger partial charge is 0.391 e. The molecule has 0 spiro atoms. The van der Waals surface area contributed by atoms with Gasteiger partial charge in [0.15, 0.2) is 0 Å². The smallest absolute Gasteiger partial charge is 0.253 e. The Morgan fingerprint density at radius 3 is 2.62 bits per heavy atom. The number of aliphatic hydroxyl groups is 1. The van der Waals surface area contributed by atoms with Gasteiger partial charge in [0, 0.05) is 18.7 Å². The number of piperidine rings is 1.